The molecule has 3 aromatic rings. The van der Waals surface area contributed by atoms with E-state index in [0.29, 0.717) is 23.0 Å². The number of nitrogens with two attached hydrogens (primary N) is 1. The molecule has 1 aromatic heterocycles. The third kappa shape index (κ3) is 3.16. The van der Waals surface area contributed by atoms with E-state index < -0.39 is 11.9 Å². The quantitative estimate of drug-likeness (QED) is 0.648. The predicted molar refractivity (Wildman–Crippen MR) is 110 cm³/mol. The lowest BCUT2D eigenvalue weighted by molar-refractivity contribution is -0.115. The van der Waals surface area contributed by atoms with Crippen LogP contribution in [0.25, 0.3) is 11.4 Å². The van der Waals surface area contributed by atoms with E-state index in [2.05, 4.69) is 31.3 Å². The Hall–Kier alpha value is -3.13. The molecule has 7 nitrogen and oxygen atoms in total. The number of allylic oxidation sites excluding steroid dienone is 1. The van der Waals surface area contributed by atoms with Crippen molar-refractivity contribution in [3.05, 3.63) is 69.8 Å². The molecule has 8 heteroatoms. The van der Waals surface area contributed by atoms with Crippen molar-refractivity contribution in [1.82, 2.24) is 14.8 Å². The Morgan fingerprint density at radius 1 is 1.25 bits per heavy atom. The average molecular weight is 440 g/mol. The lowest BCUT2D eigenvalue weighted by atomic mass is 9.95. The normalized spacial score (nSPS) is 15.8. The first-order chi connectivity index (χ1) is 13.5. The van der Waals surface area contributed by atoms with Crippen LogP contribution in [-0.4, -0.2) is 27.8 Å². The molecule has 2 heterocycles. The van der Waals surface area contributed by atoms with Crippen LogP contribution in [0.4, 0.5) is 5.95 Å². The molecule has 28 heavy (non-hydrogen) atoms. The number of ether oxygens (including phenoxy) is 1. The fourth-order valence-electron chi connectivity index (χ4n) is 3.31. The molecule has 1 atom stereocenters. The zero-order valence-electron chi connectivity index (χ0n) is 15.3. The Morgan fingerprint density at radius 2 is 2.00 bits per heavy atom. The fourth-order valence-corrected chi connectivity index (χ4v) is 3.57. The summed E-state index contributed by atoms with van der Waals surface area (Å²) in [5, 5.41) is 7.83. The second-order valence-corrected chi connectivity index (χ2v) is 7.33. The summed E-state index contributed by atoms with van der Waals surface area (Å²) >= 11 is 3.44. The molecule has 0 saturated heterocycles. The highest BCUT2D eigenvalue weighted by Crippen LogP contribution is 2.36. The van der Waals surface area contributed by atoms with E-state index in [1.807, 2.05) is 55.5 Å². The minimum Gasteiger partial charge on any atom is -0.497 e. The Kier molecular flexibility index (Phi) is 4.64. The summed E-state index contributed by atoms with van der Waals surface area (Å²) in [5.74, 6) is 1.30. The number of halogens is 1. The Labute approximate surface area is 170 Å². The number of carbonyl (C=O) groups excluding carboxylic acids is 1. The first-order valence-corrected chi connectivity index (χ1v) is 9.41. The minimum atomic E-state index is -0.498. The molecule has 4 rings (SSSR count). The Balaban J connectivity index is 1.86. The lowest BCUT2D eigenvalue weighted by Crippen LogP contribution is -2.31. The number of anilines is 1. The number of nitrogens with one attached hydrogen (secondary N) is 1. The summed E-state index contributed by atoms with van der Waals surface area (Å²) in [5.41, 5.74) is 8.53. The van der Waals surface area contributed by atoms with Crippen molar-refractivity contribution < 1.29 is 9.53 Å². The van der Waals surface area contributed by atoms with Crippen molar-refractivity contribution in [2.45, 2.75) is 13.0 Å². The summed E-state index contributed by atoms with van der Waals surface area (Å²) in [4.78, 5) is 16.8. The van der Waals surface area contributed by atoms with Crippen LogP contribution in [0, 0.1) is 0 Å². The summed E-state index contributed by atoms with van der Waals surface area (Å²) in [6.07, 6.45) is 0. The van der Waals surface area contributed by atoms with Crippen LogP contribution in [0.1, 0.15) is 18.5 Å². The van der Waals surface area contributed by atoms with Crippen molar-refractivity contribution in [3.63, 3.8) is 0 Å². The van der Waals surface area contributed by atoms with E-state index in [-0.39, 0.29) is 0 Å². The molecule has 1 aliphatic heterocycles. The van der Waals surface area contributed by atoms with Gasteiger partial charge in [0, 0.05) is 15.7 Å². The van der Waals surface area contributed by atoms with E-state index >= 15 is 0 Å². The summed E-state index contributed by atoms with van der Waals surface area (Å²) in [6, 6.07) is 14.8. The van der Waals surface area contributed by atoms with Gasteiger partial charge in [0.15, 0.2) is 5.82 Å². The molecule has 1 aliphatic rings. The summed E-state index contributed by atoms with van der Waals surface area (Å²) in [7, 11) is 1.61. The SMILES string of the molecule is COc1cccc(-c2nc3n(n2)C(c2ccc(Br)cc2)C(C(N)=O)=C(C)N3)c1. The molecule has 142 valence electrons. The molecule has 2 aromatic carbocycles. The first-order valence-electron chi connectivity index (χ1n) is 8.62. The lowest BCUT2D eigenvalue weighted by Gasteiger charge is -2.27. The van der Waals surface area contributed by atoms with Gasteiger partial charge in [-0.3, -0.25) is 4.79 Å². The smallest absolute Gasteiger partial charge is 0.248 e. The molecule has 0 aliphatic carbocycles. The summed E-state index contributed by atoms with van der Waals surface area (Å²) < 4.78 is 7.94. The van der Waals surface area contributed by atoms with Crippen molar-refractivity contribution in [2.75, 3.05) is 12.4 Å². The summed E-state index contributed by atoms with van der Waals surface area (Å²) in [6.45, 7) is 1.81. The third-order valence-corrected chi connectivity index (χ3v) is 5.16. The van der Waals surface area contributed by atoms with E-state index in [4.69, 9.17) is 10.5 Å². The van der Waals surface area contributed by atoms with E-state index in [9.17, 15) is 4.79 Å². The van der Waals surface area contributed by atoms with Gasteiger partial charge in [-0.15, -0.1) is 5.10 Å². The number of hydrogen-bond donors (Lipinski definition) is 2. The van der Waals surface area contributed by atoms with Gasteiger partial charge in [0.25, 0.3) is 0 Å². The molecule has 1 unspecified atom stereocenters. The van der Waals surface area contributed by atoms with Crippen LogP contribution in [0.2, 0.25) is 0 Å². The molecular formula is C20H18BrN5O2. The highest BCUT2D eigenvalue weighted by Gasteiger charge is 2.33. The number of fused-ring (bicyclic) bond motifs is 1. The second kappa shape index (κ2) is 7.12. The zero-order chi connectivity index (χ0) is 19.8. The zero-order valence-corrected chi connectivity index (χ0v) is 16.9. The van der Waals surface area contributed by atoms with Gasteiger partial charge in [0.05, 0.1) is 12.7 Å². The van der Waals surface area contributed by atoms with Crippen LogP contribution < -0.4 is 15.8 Å². The van der Waals surface area contributed by atoms with Crippen molar-refractivity contribution in [3.8, 4) is 17.1 Å². The van der Waals surface area contributed by atoms with Gasteiger partial charge in [-0.1, -0.05) is 40.2 Å². The molecule has 0 radical (unpaired) electrons. The standard InChI is InChI=1S/C20H18BrN5O2/c1-11-16(18(22)27)17(12-6-8-14(21)9-7-12)26-20(23-11)24-19(25-26)13-4-3-5-15(10-13)28-2/h3-10,17H,1-2H3,(H2,22,27)(H,23,24,25). The van der Waals surface area contributed by atoms with E-state index in [1.54, 1.807) is 11.8 Å². The second-order valence-electron chi connectivity index (χ2n) is 6.42. The van der Waals surface area contributed by atoms with E-state index in [0.717, 1.165) is 21.3 Å². The fraction of sp³-hybridized carbons (Fsp3) is 0.150. The van der Waals surface area contributed by atoms with Gasteiger partial charge < -0.3 is 15.8 Å². The number of primary amides is 1. The van der Waals surface area contributed by atoms with Crippen LogP contribution in [0.3, 0.4) is 0 Å². The molecule has 0 bridgehead atoms. The minimum absolute atomic E-state index is 0.455. The monoisotopic (exact) mass is 439 g/mol. The van der Waals surface area contributed by atoms with E-state index in [1.165, 1.54) is 0 Å². The number of benzene rings is 2. The molecule has 1 amide bonds. The average Bonchev–Trinajstić information content (AvgIpc) is 3.11. The van der Waals surface area contributed by atoms with Gasteiger partial charge in [0.2, 0.25) is 11.9 Å². The van der Waals surface area contributed by atoms with Crippen molar-refractivity contribution >= 4 is 27.8 Å². The van der Waals surface area contributed by atoms with Gasteiger partial charge >= 0.3 is 0 Å². The molecule has 0 saturated carbocycles. The van der Waals surface area contributed by atoms with Crippen LogP contribution in [0.5, 0.6) is 5.75 Å². The van der Waals surface area contributed by atoms with Crippen LogP contribution >= 0.6 is 15.9 Å². The van der Waals surface area contributed by atoms with Gasteiger partial charge in [-0.05, 0) is 36.8 Å². The topological polar surface area (TPSA) is 95.1 Å². The Morgan fingerprint density at radius 3 is 2.68 bits per heavy atom. The molecule has 3 N–H and O–H groups in total. The largest absolute Gasteiger partial charge is 0.497 e. The van der Waals surface area contributed by atoms with Crippen molar-refractivity contribution in [1.29, 1.82) is 0 Å². The van der Waals surface area contributed by atoms with Crippen LogP contribution in [0.15, 0.2) is 64.3 Å². The number of aromatic nitrogens is 3. The first kappa shape index (κ1) is 18.2. The number of carbonyl (C=O) groups is 1. The number of methoxy groups -OCH3 is 1. The van der Waals surface area contributed by atoms with Gasteiger partial charge in [0.1, 0.15) is 11.8 Å². The maximum absolute atomic E-state index is 12.2. The third-order valence-electron chi connectivity index (χ3n) is 4.63. The van der Waals surface area contributed by atoms with Crippen molar-refractivity contribution in [2.24, 2.45) is 5.73 Å². The molecular weight excluding hydrogens is 422 g/mol. The van der Waals surface area contributed by atoms with Gasteiger partial charge in [-0.2, -0.15) is 4.98 Å². The molecule has 0 fully saturated rings. The van der Waals surface area contributed by atoms with Gasteiger partial charge in [-0.25, -0.2) is 4.68 Å². The number of amides is 1. The highest BCUT2D eigenvalue weighted by molar-refractivity contribution is 9.10. The predicted octanol–water partition coefficient (Wildman–Crippen LogP) is 3.49. The molecule has 0 spiro atoms. The highest BCUT2D eigenvalue weighted by atomic mass is 79.9. The number of rotatable bonds is 4. The van der Waals surface area contributed by atoms with Crippen LogP contribution in [-0.2, 0) is 4.79 Å². The maximum atomic E-state index is 12.2. The number of hydrogen-bond acceptors (Lipinski definition) is 5. The Bertz CT molecular complexity index is 1090. The maximum Gasteiger partial charge on any atom is 0.248 e. The number of nitrogens with zero attached hydrogens (tertiary/aromatic N) is 3.